The number of ether oxygens (including phenoxy) is 1. The van der Waals surface area contributed by atoms with Gasteiger partial charge in [0, 0.05) is 11.4 Å². The maximum Gasteiger partial charge on any atom is 0.339 e. The molecule has 0 amide bonds. The summed E-state index contributed by atoms with van der Waals surface area (Å²) in [6, 6.07) is 1.73. The highest BCUT2D eigenvalue weighted by atomic mass is 16.5. The van der Waals surface area contributed by atoms with Crippen molar-refractivity contribution in [1.82, 2.24) is 4.57 Å². The molecule has 0 aromatic carbocycles. The van der Waals surface area contributed by atoms with Crippen LogP contribution in [0.5, 0.6) is 0 Å². The van der Waals surface area contributed by atoms with E-state index < -0.39 is 0 Å². The third-order valence-electron chi connectivity index (χ3n) is 2.24. The van der Waals surface area contributed by atoms with Crippen molar-refractivity contribution in [3.63, 3.8) is 0 Å². The van der Waals surface area contributed by atoms with Gasteiger partial charge < -0.3 is 14.1 Å². The SMILES string of the molecule is COC(=O)c1cc(C)n(CC=O)c1C. The molecule has 0 saturated heterocycles. The molecule has 0 bridgehead atoms. The zero-order valence-electron chi connectivity index (χ0n) is 8.53. The summed E-state index contributed by atoms with van der Waals surface area (Å²) in [6.45, 7) is 3.92. The van der Waals surface area contributed by atoms with E-state index in [4.69, 9.17) is 0 Å². The largest absolute Gasteiger partial charge is 0.465 e. The Kier molecular flexibility index (Phi) is 3.06. The van der Waals surface area contributed by atoms with Crippen molar-refractivity contribution in [1.29, 1.82) is 0 Å². The van der Waals surface area contributed by atoms with Gasteiger partial charge in [0.05, 0.1) is 19.2 Å². The molecule has 0 radical (unpaired) electrons. The molecule has 0 atom stereocenters. The number of aromatic nitrogens is 1. The van der Waals surface area contributed by atoms with E-state index in [-0.39, 0.29) is 12.5 Å². The molecule has 1 heterocycles. The molecule has 76 valence electrons. The van der Waals surface area contributed by atoms with Gasteiger partial charge in [0.15, 0.2) is 0 Å². The first kappa shape index (κ1) is 10.5. The van der Waals surface area contributed by atoms with Crippen LogP contribution in [0.3, 0.4) is 0 Å². The van der Waals surface area contributed by atoms with E-state index in [0.29, 0.717) is 5.56 Å². The second-order valence-electron chi connectivity index (χ2n) is 3.05. The molecule has 1 rings (SSSR count). The Morgan fingerprint density at radius 3 is 2.71 bits per heavy atom. The lowest BCUT2D eigenvalue weighted by Crippen LogP contribution is -2.06. The molecule has 0 aliphatic carbocycles. The number of aldehydes is 1. The van der Waals surface area contributed by atoms with Crippen molar-refractivity contribution in [2.75, 3.05) is 7.11 Å². The third-order valence-corrected chi connectivity index (χ3v) is 2.24. The molecule has 14 heavy (non-hydrogen) atoms. The fourth-order valence-corrected chi connectivity index (χ4v) is 1.47. The number of nitrogens with zero attached hydrogens (tertiary/aromatic N) is 1. The number of methoxy groups -OCH3 is 1. The molecule has 1 aromatic rings. The first-order valence-electron chi connectivity index (χ1n) is 4.30. The Labute approximate surface area is 82.5 Å². The molecular weight excluding hydrogens is 182 g/mol. The van der Waals surface area contributed by atoms with Gasteiger partial charge in [-0.1, -0.05) is 0 Å². The lowest BCUT2D eigenvalue weighted by molar-refractivity contribution is -0.108. The maximum absolute atomic E-state index is 11.3. The predicted molar refractivity (Wildman–Crippen MR) is 51.3 cm³/mol. The minimum Gasteiger partial charge on any atom is -0.465 e. The number of esters is 1. The molecule has 0 saturated carbocycles. The number of hydrogen-bond donors (Lipinski definition) is 0. The zero-order chi connectivity index (χ0) is 10.7. The van der Waals surface area contributed by atoms with Crippen LogP contribution in [0.25, 0.3) is 0 Å². The monoisotopic (exact) mass is 195 g/mol. The lowest BCUT2D eigenvalue weighted by atomic mass is 10.2. The Bertz CT molecular complexity index is 366. The fourth-order valence-electron chi connectivity index (χ4n) is 1.47. The Hall–Kier alpha value is -1.58. The predicted octanol–water partition coefficient (Wildman–Crippen LogP) is 1.09. The topological polar surface area (TPSA) is 48.3 Å². The summed E-state index contributed by atoms with van der Waals surface area (Å²) in [4.78, 5) is 21.7. The van der Waals surface area contributed by atoms with Crippen molar-refractivity contribution in [3.05, 3.63) is 23.0 Å². The van der Waals surface area contributed by atoms with Crippen LogP contribution < -0.4 is 0 Å². The molecule has 0 fully saturated rings. The molecule has 0 aliphatic rings. The van der Waals surface area contributed by atoms with Crippen molar-refractivity contribution < 1.29 is 14.3 Å². The summed E-state index contributed by atoms with van der Waals surface area (Å²) >= 11 is 0. The van der Waals surface area contributed by atoms with Crippen molar-refractivity contribution >= 4 is 12.3 Å². The van der Waals surface area contributed by atoms with Crippen LogP contribution in [0, 0.1) is 13.8 Å². The van der Waals surface area contributed by atoms with Gasteiger partial charge in [-0.15, -0.1) is 0 Å². The van der Waals surface area contributed by atoms with Crippen LogP contribution >= 0.6 is 0 Å². The average molecular weight is 195 g/mol. The van der Waals surface area contributed by atoms with Crippen molar-refractivity contribution in [2.45, 2.75) is 20.4 Å². The molecule has 0 aliphatic heterocycles. The molecule has 1 aromatic heterocycles. The summed E-state index contributed by atoms with van der Waals surface area (Å²) in [6.07, 6.45) is 0.807. The second kappa shape index (κ2) is 4.09. The number of carbonyl (C=O) groups excluding carboxylic acids is 2. The average Bonchev–Trinajstić information content (AvgIpc) is 2.45. The summed E-state index contributed by atoms with van der Waals surface area (Å²) in [7, 11) is 1.34. The second-order valence-corrected chi connectivity index (χ2v) is 3.05. The number of carbonyl (C=O) groups is 2. The Balaban J connectivity index is 3.16. The van der Waals surface area contributed by atoms with Crippen LogP contribution in [0.1, 0.15) is 21.7 Å². The first-order valence-corrected chi connectivity index (χ1v) is 4.30. The van der Waals surface area contributed by atoms with Crippen LogP contribution in [-0.2, 0) is 16.1 Å². The molecule has 4 heteroatoms. The zero-order valence-corrected chi connectivity index (χ0v) is 8.53. The van der Waals surface area contributed by atoms with Crippen molar-refractivity contribution in [2.24, 2.45) is 0 Å². The highest BCUT2D eigenvalue weighted by Crippen LogP contribution is 2.15. The fraction of sp³-hybridized carbons (Fsp3) is 0.400. The Morgan fingerprint density at radius 2 is 2.21 bits per heavy atom. The van der Waals surface area contributed by atoms with Gasteiger partial charge in [0.1, 0.15) is 6.29 Å². The van der Waals surface area contributed by atoms with Gasteiger partial charge in [0.25, 0.3) is 0 Å². The normalized spacial score (nSPS) is 9.93. The van der Waals surface area contributed by atoms with E-state index in [1.807, 2.05) is 6.92 Å². The van der Waals surface area contributed by atoms with E-state index in [1.54, 1.807) is 17.6 Å². The smallest absolute Gasteiger partial charge is 0.339 e. The summed E-state index contributed by atoms with van der Waals surface area (Å²) in [5, 5.41) is 0. The molecular formula is C10H13NO3. The first-order chi connectivity index (χ1) is 6.61. The molecule has 4 nitrogen and oxygen atoms in total. The minimum absolute atomic E-state index is 0.272. The standard InChI is InChI=1S/C10H13NO3/c1-7-6-9(10(13)14-3)8(2)11(7)4-5-12/h5-6H,4H2,1-3H3. The van der Waals surface area contributed by atoms with Gasteiger partial charge in [-0.3, -0.25) is 0 Å². The Morgan fingerprint density at radius 1 is 1.57 bits per heavy atom. The number of aryl methyl sites for hydroxylation is 1. The number of rotatable bonds is 3. The van der Waals surface area contributed by atoms with E-state index >= 15 is 0 Å². The summed E-state index contributed by atoms with van der Waals surface area (Å²) < 4.78 is 6.40. The molecule has 0 spiro atoms. The summed E-state index contributed by atoms with van der Waals surface area (Å²) in [5.74, 6) is -0.366. The van der Waals surface area contributed by atoms with Crippen LogP contribution in [0.4, 0.5) is 0 Å². The lowest BCUT2D eigenvalue weighted by Gasteiger charge is -2.04. The summed E-state index contributed by atoms with van der Waals surface area (Å²) in [5.41, 5.74) is 2.17. The van der Waals surface area contributed by atoms with Crippen LogP contribution in [0.2, 0.25) is 0 Å². The number of hydrogen-bond acceptors (Lipinski definition) is 3. The molecule has 0 unspecified atom stereocenters. The van der Waals surface area contributed by atoms with E-state index in [2.05, 4.69) is 4.74 Å². The van der Waals surface area contributed by atoms with Crippen LogP contribution in [0.15, 0.2) is 6.07 Å². The third kappa shape index (κ3) is 1.69. The van der Waals surface area contributed by atoms with Gasteiger partial charge >= 0.3 is 5.97 Å². The van der Waals surface area contributed by atoms with Gasteiger partial charge in [-0.25, -0.2) is 4.79 Å². The molecule has 0 N–H and O–H groups in total. The van der Waals surface area contributed by atoms with Gasteiger partial charge in [0.2, 0.25) is 0 Å². The maximum atomic E-state index is 11.3. The van der Waals surface area contributed by atoms with Gasteiger partial charge in [-0.05, 0) is 19.9 Å². The van der Waals surface area contributed by atoms with Crippen molar-refractivity contribution in [3.8, 4) is 0 Å². The minimum atomic E-state index is -0.366. The van der Waals surface area contributed by atoms with Crippen LogP contribution in [-0.4, -0.2) is 23.9 Å². The van der Waals surface area contributed by atoms with E-state index in [0.717, 1.165) is 17.7 Å². The van der Waals surface area contributed by atoms with E-state index in [1.165, 1.54) is 7.11 Å². The highest BCUT2D eigenvalue weighted by Gasteiger charge is 2.15. The quantitative estimate of drug-likeness (QED) is 0.536. The van der Waals surface area contributed by atoms with E-state index in [9.17, 15) is 9.59 Å². The highest BCUT2D eigenvalue weighted by molar-refractivity contribution is 5.91. The van der Waals surface area contributed by atoms with Gasteiger partial charge in [-0.2, -0.15) is 0 Å².